The summed E-state index contributed by atoms with van der Waals surface area (Å²) in [5.41, 5.74) is 0.347. The van der Waals surface area contributed by atoms with Crippen LogP contribution in [-0.2, 0) is 15.6 Å². The first-order chi connectivity index (χ1) is 10.2. The van der Waals surface area contributed by atoms with E-state index in [9.17, 15) is 0 Å². The predicted octanol–water partition coefficient (Wildman–Crippen LogP) is 1.59. The first-order valence-corrected chi connectivity index (χ1v) is 7.64. The minimum Gasteiger partial charge on any atom is -0.462 e. The molecule has 0 N–H and O–H groups in total. The Morgan fingerprint density at radius 3 is 2.14 bits per heavy atom. The molecule has 0 saturated carbocycles. The number of aromatic nitrogens is 2. The van der Waals surface area contributed by atoms with E-state index in [2.05, 4.69) is 9.97 Å². The standard InChI is InChI=1S/C15H26BN3O3/c1-14(2)15(3,4)22-16(21-14)9-12-10-17-13(18-11-12)20-8-7-19(5)6/h10-11H,7-9H2,1-6H3. The molecular weight excluding hydrogens is 281 g/mol. The fourth-order valence-electron chi connectivity index (χ4n) is 2.08. The number of hydrogen-bond donors (Lipinski definition) is 0. The van der Waals surface area contributed by atoms with Gasteiger partial charge in [0.15, 0.2) is 0 Å². The van der Waals surface area contributed by atoms with Crippen LogP contribution in [0.15, 0.2) is 12.4 Å². The highest BCUT2D eigenvalue weighted by Gasteiger charge is 2.50. The molecule has 0 atom stereocenters. The average Bonchev–Trinajstić information content (AvgIpc) is 2.59. The van der Waals surface area contributed by atoms with Gasteiger partial charge in [-0.25, -0.2) is 9.97 Å². The molecule has 7 heteroatoms. The maximum absolute atomic E-state index is 5.97. The van der Waals surface area contributed by atoms with Crippen molar-refractivity contribution in [3.05, 3.63) is 18.0 Å². The van der Waals surface area contributed by atoms with Crippen LogP contribution in [-0.4, -0.2) is 60.4 Å². The molecule has 1 aromatic heterocycles. The topological polar surface area (TPSA) is 56.7 Å². The third-order valence-electron chi connectivity index (χ3n) is 4.16. The van der Waals surface area contributed by atoms with Gasteiger partial charge < -0.3 is 18.9 Å². The molecule has 22 heavy (non-hydrogen) atoms. The molecule has 122 valence electrons. The molecule has 0 radical (unpaired) electrons. The van der Waals surface area contributed by atoms with Crippen LogP contribution < -0.4 is 4.74 Å². The second-order valence-electron chi connectivity index (χ2n) is 6.92. The highest BCUT2D eigenvalue weighted by Crippen LogP contribution is 2.37. The highest BCUT2D eigenvalue weighted by molar-refractivity contribution is 6.44. The van der Waals surface area contributed by atoms with Crippen molar-refractivity contribution < 1.29 is 14.0 Å². The normalized spacial score (nSPS) is 19.7. The number of hydrogen-bond acceptors (Lipinski definition) is 6. The van der Waals surface area contributed by atoms with Crippen molar-refractivity contribution in [2.75, 3.05) is 27.2 Å². The SMILES string of the molecule is CN(C)CCOc1ncc(CB2OC(C)(C)C(C)(C)O2)cn1. The van der Waals surface area contributed by atoms with Gasteiger partial charge in [-0.1, -0.05) is 0 Å². The first-order valence-electron chi connectivity index (χ1n) is 7.64. The smallest absolute Gasteiger partial charge is 0.462 e. The van der Waals surface area contributed by atoms with Crippen molar-refractivity contribution >= 4 is 7.12 Å². The van der Waals surface area contributed by atoms with Gasteiger partial charge >= 0.3 is 13.1 Å². The second-order valence-corrected chi connectivity index (χ2v) is 6.92. The Balaban J connectivity index is 1.87. The molecule has 6 nitrogen and oxygen atoms in total. The lowest BCUT2D eigenvalue weighted by molar-refractivity contribution is 0.00578. The molecule has 2 heterocycles. The van der Waals surface area contributed by atoms with Crippen molar-refractivity contribution in [1.82, 2.24) is 14.9 Å². The molecule has 1 aliphatic heterocycles. The summed E-state index contributed by atoms with van der Waals surface area (Å²) in [6.07, 6.45) is 4.16. The van der Waals surface area contributed by atoms with E-state index >= 15 is 0 Å². The molecule has 1 aromatic rings. The van der Waals surface area contributed by atoms with Gasteiger partial charge in [-0.15, -0.1) is 0 Å². The van der Waals surface area contributed by atoms with Gasteiger partial charge in [-0.2, -0.15) is 0 Å². The van der Waals surface area contributed by atoms with E-state index in [1.54, 1.807) is 12.4 Å². The fourth-order valence-corrected chi connectivity index (χ4v) is 2.08. The van der Waals surface area contributed by atoms with E-state index < -0.39 is 0 Å². The molecule has 0 bridgehead atoms. The molecule has 0 amide bonds. The van der Waals surface area contributed by atoms with E-state index in [1.807, 2.05) is 46.7 Å². The van der Waals surface area contributed by atoms with E-state index in [4.69, 9.17) is 14.0 Å². The quantitative estimate of drug-likeness (QED) is 0.744. The largest absolute Gasteiger partial charge is 0.462 e. The first kappa shape index (κ1) is 17.2. The fraction of sp³-hybridized carbons (Fsp3) is 0.733. The monoisotopic (exact) mass is 307 g/mol. The zero-order valence-electron chi connectivity index (χ0n) is 14.4. The minimum absolute atomic E-state index is 0.269. The van der Waals surface area contributed by atoms with Crippen molar-refractivity contribution in [3.8, 4) is 6.01 Å². The zero-order chi connectivity index (χ0) is 16.4. The van der Waals surface area contributed by atoms with Gasteiger partial charge in [-0.05, 0) is 47.4 Å². The summed E-state index contributed by atoms with van der Waals surface area (Å²) in [5, 5.41) is 0. The maximum atomic E-state index is 5.97. The van der Waals surface area contributed by atoms with Crippen molar-refractivity contribution in [2.45, 2.75) is 45.2 Å². The summed E-state index contributed by atoms with van der Waals surface area (Å²) in [4.78, 5) is 10.5. The van der Waals surface area contributed by atoms with Crippen LogP contribution in [0.4, 0.5) is 0 Å². The Bertz CT molecular complexity index is 475. The molecule has 0 spiro atoms. The molecule has 2 rings (SSSR count). The van der Waals surface area contributed by atoms with Gasteiger partial charge in [0.1, 0.15) is 6.61 Å². The Kier molecular flexibility index (Phi) is 5.09. The minimum atomic E-state index is -0.312. The summed E-state index contributed by atoms with van der Waals surface area (Å²) in [5.74, 6) is 0. The van der Waals surface area contributed by atoms with Gasteiger partial charge in [0.2, 0.25) is 0 Å². The number of ether oxygens (including phenoxy) is 1. The number of likely N-dealkylation sites (N-methyl/N-ethyl adjacent to an activating group) is 1. The molecule has 1 aliphatic rings. The van der Waals surface area contributed by atoms with Crippen LogP contribution in [0.25, 0.3) is 0 Å². The Labute approximate surface area is 133 Å². The van der Waals surface area contributed by atoms with Gasteiger partial charge in [-0.3, -0.25) is 0 Å². The van der Waals surface area contributed by atoms with Crippen molar-refractivity contribution in [2.24, 2.45) is 0 Å². The van der Waals surface area contributed by atoms with Gasteiger partial charge in [0.25, 0.3) is 0 Å². The van der Waals surface area contributed by atoms with Crippen LogP contribution in [0.2, 0.25) is 0 Å². The molecule has 0 unspecified atom stereocenters. The summed E-state index contributed by atoms with van der Waals surface area (Å²) in [6, 6.07) is 0.402. The van der Waals surface area contributed by atoms with Crippen LogP contribution in [0, 0.1) is 0 Å². The molecular formula is C15H26BN3O3. The predicted molar refractivity (Wildman–Crippen MR) is 85.9 cm³/mol. The molecule has 0 aliphatic carbocycles. The van der Waals surface area contributed by atoms with Gasteiger partial charge in [0.05, 0.1) is 11.2 Å². The molecule has 0 aromatic carbocycles. The lowest BCUT2D eigenvalue weighted by atomic mass is 9.82. The van der Waals surface area contributed by atoms with Crippen LogP contribution in [0.5, 0.6) is 6.01 Å². The summed E-state index contributed by atoms with van der Waals surface area (Å²) >= 11 is 0. The zero-order valence-corrected chi connectivity index (χ0v) is 14.4. The van der Waals surface area contributed by atoms with Crippen molar-refractivity contribution in [1.29, 1.82) is 0 Å². The Hall–Kier alpha value is -1.18. The van der Waals surface area contributed by atoms with Gasteiger partial charge in [0, 0.05) is 25.3 Å². The van der Waals surface area contributed by atoms with E-state index in [0.29, 0.717) is 18.9 Å². The van der Waals surface area contributed by atoms with E-state index in [1.165, 1.54) is 0 Å². The lowest BCUT2D eigenvalue weighted by Gasteiger charge is -2.32. The molecule has 1 fully saturated rings. The van der Waals surface area contributed by atoms with E-state index in [0.717, 1.165) is 12.1 Å². The highest BCUT2D eigenvalue weighted by atomic mass is 16.7. The maximum Gasteiger partial charge on any atom is 0.462 e. The summed E-state index contributed by atoms with van der Waals surface area (Å²) in [7, 11) is 3.73. The lowest BCUT2D eigenvalue weighted by Crippen LogP contribution is -2.41. The number of nitrogens with zero attached hydrogens (tertiary/aromatic N) is 3. The summed E-state index contributed by atoms with van der Waals surface area (Å²) < 4.78 is 17.4. The Morgan fingerprint density at radius 2 is 1.64 bits per heavy atom. The third kappa shape index (κ3) is 4.18. The van der Waals surface area contributed by atoms with Crippen molar-refractivity contribution in [3.63, 3.8) is 0 Å². The van der Waals surface area contributed by atoms with Crippen LogP contribution in [0.3, 0.4) is 0 Å². The van der Waals surface area contributed by atoms with E-state index in [-0.39, 0.29) is 18.3 Å². The molecule has 1 saturated heterocycles. The second kappa shape index (κ2) is 6.52. The Morgan fingerprint density at radius 1 is 1.09 bits per heavy atom. The van der Waals surface area contributed by atoms with Crippen LogP contribution >= 0.6 is 0 Å². The third-order valence-corrected chi connectivity index (χ3v) is 4.16. The average molecular weight is 307 g/mol. The number of rotatable bonds is 6. The summed E-state index contributed by atoms with van der Waals surface area (Å²) in [6.45, 7) is 9.59. The van der Waals surface area contributed by atoms with Crippen LogP contribution in [0.1, 0.15) is 33.3 Å².